The molecule has 1 atom stereocenters. The number of benzene rings is 2. The summed E-state index contributed by atoms with van der Waals surface area (Å²) in [5, 5.41) is 1.13. The molecule has 0 radical (unpaired) electrons. The summed E-state index contributed by atoms with van der Waals surface area (Å²) in [4.78, 5) is 4.33. The molecule has 0 saturated heterocycles. The molecule has 3 heteroatoms. The van der Waals surface area contributed by atoms with Crippen LogP contribution in [0.2, 0.25) is 0 Å². The van der Waals surface area contributed by atoms with Gasteiger partial charge in [0.05, 0.1) is 12.6 Å². The molecule has 1 unspecified atom stereocenters. The molecule has 2 N–H and O–H groups in total. The molecule has 106 valence electrons. The van der Waals surface area contributed by atoms with Crippen LogP contribution in [0.3, 0.4) is 0 Å². The molecule has 2 aromatic carbocycles. The molecule has 0 spiro atoms. The minimum atomic E-state index is -0.0250. The highest BCUT2D eigenvalue weighted by Gasteiger charge is 2.08. The monoisotopic (exact) mass is 278 g/mol. The summed E-state index contributed by atoms with van der Waals surface area (Å²) in [6, 6.07) is 18.2. The van der Waals surface area contributed by atoms with E-state index in [4.69, 9.17) is 10.5 Å². The van der Waals surface area contributed by atoms with E-state index in [0.717, 1.165) is 28.6 Å². The molecule has 0 aliphatic heterocycles. The summed E-state index contributed by atoms with van der Waals surface area (Å²) >= 11 is 0. The maximum absolute atomic E-state index is 6.34. The zero-order valence-electron chi connectivity index (χ0n) is 12.0. The van der Waals surface area contributed by atoms with Gasteiger partial charge in [-0.3, -0.25) is 4.98 Å². The molecule has 0 amide bonds. The van der Waals surface area contributed by atoms with Crippen molar-refractivity contribution in [2.45, 2.75) is 12.5 Å². The van der Waals surface area contributed by atoms with Gasteiger partial charge in [-0.1, -0.05) is 24.3 Å². The highest BCUT2D eigenvalue weighted by atomic mass is 16.5. The molecular weight excluding hydrogens is 260 g/mol. The molecule has 21 heavy (non-hydrogen) atoms. The average molecular weight is 278 g/mol. The summed E-state index contributed by atoms with van der Waals surface area (Å²) in [6.45, 7) is 0. The molecule has 0 aliphatic carbocycles. The second-order valence-electron chi connectivity index (χ2n) is 5.11. The van der Waals surface area contributed by atoms with E-state index in [1.165, 1.54) is 5.56 Å². The predicted molar refractivity (Wildman–Crippen MR) is 85.4 cm³/mol. The smallest absolute Gasteiger partial charge is 0.118 e. The van der Waals surface area contributed by atoms with Gasteiger partial charge in [0.25, 0.3) is 0 Å². The average Bonchev–Trinajstić information content (AvgIpc) is 2.55. The van der Waals surface area contributed by atoms with Crippen molar-refractivity contribution in [3.05, 3.63) is 71.9 Å². The topological polar surface area (TPSA) is 48.1 Å². The van der Waals surface area contributed by atoms with Gasteiger partial charge in [-0.05, 0) is 47.9 Å². The van der Waals surface area contributed by atoms with Crippen LogP contribution in [0.1, 0.15) is 17.2 Å². The number of nitrogens with two attached hydrogens (primary N) is 1. The van der Waals surface area contributed by atoms with Crippen molar-refractivity contribution in [2.24, 2.45) is 5.73 Å². The van der Waals surface area contributed by atoms with Crippen molar-refractivity contribution >= 4 is 10.9 Å². The Labute approximate surface area is 124 Å². The highest BCUT2D eigenvalue weighted by molar-refractivity contribution is 5.79. The van der Waals surface area contributed by atoms with E-state index >= 15 is 0 Å². The Bertz CT molecular complexity index is 738. The molecule has 0 bridgehead atoms. The summed E-state index contributed by atoms with van der Waals surface area (Å²) in [5.41, 5.74) is 9.67. The number of hydrogen-bond donors (Lipinski definition) is 1. The Balaban J connectivity index is 1.80. The largest absolute Gasteiger partial charge is 0.497 e. The second-order valence-corrected chi connectivity index (χ2v) is 5.11. The molecule has 0 aliphatic rings. The highest BCUT2D eigenvalue weighted by Crippen LogP contribution is 2.21. The van der Waals surface area contributed by atoms with E-state index < -0.39 is 0 Å². The Kier molecular flexibility index (Phi) is 3.84. The van der Waals surface area contributed by atoms with Crippen LogP contribution in [0.25, 0.3) is 10.9 Å². The van der Waals surface area contributed by atoms with Crippen LogP contribution >= 0.6 is 0 Å². The number of methoxy groups -OCH3 is 1. The van der Waals surface area contributed by atoms with Crippen LogP contribution in [0, 0.1) is 0 Å². The fourth-order valence-electron chi connectivity index (χ4n) is 2.46. The number of aromatic nitrogens is 1. The Morgan fingerprint density at radius 2 is 1.90 bits per heavy atom. The van der Waals surface area contributed by atoms with E-state index in [2.05, 4.69) is 35.3 Å². The number of nitrogens with zero attached hydrogens (tertiary/aromatic N) is 1. The summed E-state index contributed by atoms with van der Waals surface area (Å²) in [6.07, 6.45) is 2.61. The zero-order chi connectivity index (χ0) is 14.7. The maximum atomic E-state index is 6.34. The van der Waals surface area contributed by atoms with Gasteiger partial charge in [0.2, 0.25) is 0 Å². The van der Waals surface area contributed by atoms with Crippen molar-refractivity contribution in [3.63, 3.8) is 0 Å². The van der Waals surface area contributed by atoms with Crippen LogP contribution in [0.15, 0.2) is 60.8 Å². The zero-order valence-corrected chi connectivity index (χ0v) is 12.0. The van der Waals surface area contributed by atoms with Gasteiger partial charge in [0.1, 0.15) is 5.75 Å². The minimum absolute atomic E-state index is 0.0250. The minimum Gasteiger partial charge on any atom is -0.497 e. The second kappa shape index (κ2) is 5.94. The van der Waals surface area contributed by atoms with Gasteiger partial charge in [0, 0.05) is 17.6 Å². The lowest BCUT2D eigenvalue weighted by Crippen LogP contribution is -2.13. The van der Waals surface area contributed by atoms with Crippen LogP contribution < -0.4 is 10.5 Å². The Morgan fingerprint density at radius 3 is 2.67 bits per heavy atom. The Hall–Kier alpha value is -2.39. The third kappa shape index (κ3) is 3.03. The fraction of sp³-hybridized carbons (Fsp3) is 0.167. The molecule has 3 aromatic rings. The first kappa shape index (κ1) is 13.6. The third-order valence-electron chi connectivity index (χ3n) is 3.67. The van der Waals surface area contributed by atoms with Crippen LogP contribution in [0.5, 0.6) is 5.75 Å². The van der Waals surface area contributed by atoms with E-state index in [-0.39, 0.29) is 6.04 Å². The normalized spacial score (nSPS) is 12.3. The first-order valence-corrected chi connectivity index (χ1v) is 6.99. The maximum Gasteiger partial charge on any atom is 0.118 e. The van der Waals surface area contributed by atoms with E-state index in [9.17, 15) is 0 Å². The van der Waals surface area contributed by atoms with Crippen molar-refractivity contribution in [1.29, 1.82) is 0 Å². The lowest BCUT2D eigenvalue weighted by Gasteiger charge is -2.13. The summed E-state index contributed by atoms with van der Waals surface area (Å²) in [5.74, 6) is 0.865. The number of rotatable bonds is 4. The van der Waals surface area contributed by atoms with Gasteiger partial charge in [0.15, 0.2) is 0 Å². The molecule has 0 fully saturated rings. The van der Waals surface area contributed by atoms with Gasteiger partial charge in [-0.15, -0.1) is 0 Å². The van der Waals surface area contributed by atoms with Gasteiger partial charge < -0.3 is 10.5 Å². The summed E-state index contributed by atoms with van der Waals surface area (Å²) < 4.78 is 5.17. The van der Waals surface area contributed by atoms with Gasteiger partial charge >= 0.3 is 0 Å². The SMILES string of the molecule is COc1ccc(CC(N)c2ccc3ncccc3c2)cc1. The number of pyridine rings is 1. The van der Waals surface area contributed by atoms with Gasteiger partial charge in [-0.25, -0.2) is 0 Å². The lowest BCUT2D eigenvalue weighted by molar-refractivity contribution is 0.414. The Morgan fingerprint density at radius 1 is 1.10 bits per heavy atom. The van der Waals surface area contributed by atoms with E-state index in [1.807, 2.05) is 24.3 Å². The fourth-order valence-corrected chi connectivity index (χ4v) is 2.46. The molecule has 1 aromatic heterocycles. The number of hydrogen-bond acceptors (Lipinski definition) is 3. The quantitative estimate of drug-likeness (QED) is 0.794. The van der Waals surface area contributed by atoms with Gasteiger partial charge in [-0.2, -0.15) is 0 Å². The number of ether oxygens (including phenoxy) is 1. The van der Waals surface area contributed by atoms with Crippen LogP contribution in [0.4, 0.5) is 0 Å². The van der Waals surface area contributed by atoms with Crippen LogP contribution in [-0.2, 0) is 6.42 Å². The van der Waals surface area contributed by atoms with E-state index in [1.54, 1.807) is 13.3 Å². The molecule has 3 nitrogen and oxygen atoms in total. The standard InChI is InChI=1S/C18H18N2O/c1-21-16-7-4-13(5-8-16)11-17(19)14-6-9-18-15(12-14)3-2-10-20-18/h2-10,12,17H,11,19H2,1H3. The summed E-state index contributed by atoms with van der Waals surface area (Å²) in [7, 11) is 1.67. The van der Waals surface area contributed by atoms with E-state index in [0.29, 0.717) is 0 Å². The van der Waals surface area contributed by atoms with Crippen molar-refractivity contribution < 1.29 is 4.74 Å². The van der Waals surface area contributed by atoms with Crippen LogP contribution in [-0.4, -0.2) is 12.1 Å². The molecule has 3 rings (SSSR count). The molecular formula is C18H18N2O. The lowest BCUT2D eigenvalue weighted by atomic mass is 9.98. The predicted octanol–water partition coefficient (Wildman–Crippen LogP) is 3.49. The third-order valence-corrected chi connectivity index (χ3v) is 3.67. The molecule has 0 saturated carbocycles. The molecule has 1 heterocycles. The van der Waals surface area contributed by atoms with Crippen molar-refractivity contribution in [1.82, 2.24) is 4.98 Å². The van der Waals surface area contributed by atoms with Crippen molar-refractivity contribution in [3.8, 4) is 5.75 Å². The number of fused-ring (bicyclic) bond motifs is 1. The van der Waals surface area contributed by atoms with Crippen molar-refractivity contribution in [2.75, 3.05) is 7.11 Å². The first-order chi connectivity index (χ1) is 10.3. The first-order valence-electron chi connectivity index (χ1n) is 6.99.